The van der Waals surface area contributed by atoms with Crippen LogP contribution in [0, 0.1) is 0 Å². The Morgan fingerprint density at radius 1 is 0.969 bits per heavy atom. The molecule has 1 heterocycles. The Morgan fingerprint density at radius 2 is 1.62 bits per heavy atom. The zero-order chi connectivity index (χ0) is 23.5. The molecule has 0 spiro atoms. The smallest absolute Gasteiger partial charge is 0.255 e. The number of hydrogen-bond acceptors (Lipinski definition) is 6. The fourth-order valence-corrected chi connectivity index (χ4v) is 4.79. The van der Waals surface area contributed by atoms with E-state index in [0.717, 1.165) is 16.1 Å². The van der Waals surface area contributed by atoms with Crippen LogP contribution >= 0.6 is 0 Å². The summed E-state index contributed by atoms with van der Waals surface area (Å²) < 4.78 is 49.5. The molecule has 174 valence electrons. The van der Waals surface area contributed by atoms with Gasteiger partial charge in [-0.3, -0.25) is 14.0 Å². The van der Waals surface area contributed by atoms with Crippen LogP contribution in [-0.4, -0.2) is 77.7 Å². The van der Waals surface area contributed by atoms with Gasteiger partial charge in [0.05, 0.1) is 18.2 Å². The summed E-state index contributed by atoms with van der Waals surface area (Å²) in [4.78, 5) is 14.9. The molecule has 0 bridgehead atoms. The van der Waals surface area contributed by atoms with Gasteiger partial charge in [0.2, 0.25) is 20.0 Å². The minimum absolute atomic E-state index is 0.298. The minimum Gasteiger partial charge on any atom is -0.322 e. The van der Waals surface area contributed by atoms with Crippen molar-refractivity contribution in [3.63, 3.8) is 0 Å². The molecule has 9 nitrogen and oxygen atoms in total. The fraction of sp³-hybridized carbons (Fsp3) is 0.381. The van der Waals surface area contributed by atoms with E-state index in [1.807, 2.05) is 18.2 Å². The Balaban J connectivity index is 1.65. The van der Waals surface area contributed by atoms with Crippen molar-refractivity contribution in [2.45, 2.75) is 6.54 Å². The molecule has 1 saturated heterocycles. The van der Waals surface area contributed by atoms with Gasteiger partial charge in [-0.25, -0.2) is 16.8 Å². The number of sulfonamides is 2. The van der Waals surface area contributed by atoms with Crippen molar-refractivity contribution >= 4 is 37.3 Å². The first-order chi connectivity index (χ1) is 14.9. The summed E-state index contributed by atoms with van der Waals surface area (Å²) in [5, 5.41) is 2.81. The van der Waals surface area contributed by atoms with Crippen LogP contribution in [0.2, 0.25) is 0 Å². The van der Waals surface area contributed by atoms with Crippen molar-refractivity contribution in [1.29, 1.82) is 0 Å². The number of nitrogens with zero attached hydrogens (tertiary/aromatic N) is 3. The number of benzene rings is 2. The van der Waals surface area contributed by atoms with Crippen molar-refractivity contribution in [1.82, 2.24) is 9.21 Å². The topological polar surface area (TPSA) is 107 Å². The van der Waals surface area contributed by atoms with Gasteiger partial charge in [0.1, 0.15) is 0 Å². The third-order valence-electron chi connectivity index (χ3n) is 5.36. The van der Waals surface area contributed by atoms with E-state index >= 15 is 0 Å². The summed E-state index contributed by atoms with van der Waals surface area (Å²) in [7, 11) is -5.12. The number of anilines is 2. The molecule has 0 atom stereocenters. The molecule has 11 heteroatoms. The van der Waals surface area contributed by atoms with Crippen LogP contribution < -0.4 is 9.62 Å². The van der Waals surface area contributed by atoms with Crippen LogP contribution in [0.4, 0.5) is 11.4 Å². The van der Waals surface area contributed by atoms with Crippen molar-refractivity contribution < 1.29 is 21.6 Å². The molecule has 3 rings (SSSR count). The monoisotopic (exact) mass is 480 g/mol. The normalized spacial score (nSPS) is 16.0. The van der Waals surface area contributed by atoms with E-state index in [1.54, 1.807) is 30.3 Å². The van der Waals surface area contributed by atoms with E-state index < -0.39 is 20.0 Å². The molecule has 1 aliphatic heterocycles. The molecule has 1 N–H and O–H groups in total. The van der Waals surface area contributed by atoms with E-state index in [4.69, 9.17) is 0 Å². The first-order valence-electron chi connectivity index (χ1n) is 10.1. The van der Waals surface area contributed by atoms with E-state index in [0.29, 0.717) is 49.7 Å². The molecular weight excluding hydrogens is 452 g/mol. The predicted octanol–water partition coefficient (Wildman–Crippen LogP) is 1.41. The first-order valence-corrected chi connectivity index (χ1v) is 13.7. The average molecular weight is 481 g/mol. The second kappa shape index (κ2) is 9.57. The molecule has 1 amide bonds. The largest absolute Gasteiger partial charge is 0.322 e. The zero-order valence-corrected chi connectivity index (χ0v) is 20.0. The van der Waals surface area contributed by atoms with E-state index in [2.05, 4.69) is 10.2 Å². The Bertz CT molecular complexity index is 1190. The van der Waals surface area contributed by atoms with Gasteiger partial charge in [-0.05, 0) is 35.9 Å². The van der Waals surface area contributed by atoms with Gasteiger partial charge in [-0.1, -0.05) is 18.2 Å². The number of carbonyl (C=O) groups is 1. The molecule has 2 aromatic carbocycles. The molecule has 0 aromatic heterocycles. The third kappa shape index (κ3) is 6.28. The second-order valence-electron chi connectivity index (χ2n) is 7.87. The van der Waals surface area contributed by atoms with Crippen LogP contribution in [0.25, 0.3) is 0 Å². The van der Waals surface area contributed by atoms with Gasteiger partial charge in [-0.15, -0.1) is 0 Å². The number of hydrogen-bond donors (Lipinski definition) is 1. The lowest BCUT2D eigenvalue weighted by molar-refractivity contribution is 0.102. The zero-order valence-electron chi connectivity index (χ0n) is 18.4. The van der Waals surface area contributed by atoms with E-state index in [-0.39, 0.29) is 5.91 Å². The first kappa shape index (κ1) is 24.2. The summed E-state index contributed by atoms with van der Waals surface area (Å²) in [5.41, 5.74) is 2.38. The summed E-state index contributed by atoms with van der Waals surface area (Å²) in [6.45, 7) is 2.79. The van der Waals surface area contributed by atoms with Gasteiger partial charge in [-0.2, -0.15) is 4.31 Å². The molecule has 32 heavy (non-hydrogen) atoms. The SMILES string of the molecule is CN(c1cccc(NC(=O)c2cccc(CN3CCN(S(C)(=O)=O)CC3)c2)c1)S(C)(=O)=O. The van der Waals surface area contributed by atoms with Gasteiger partial charge < -0.3 is 5.32 Å². The Kier molecular flexibility index (Phi) is 7.23. The minimum atomic E-state index is -3.41. The molecule has 1 fully saturated rings. The highest BCUT2D eigenvalue weighted by Crippen LogP contribution is 2.21. The fourth-order valence-electron chi connectivity index (χ4n) is 3.46. The average Bonchev–Trinajstić information content (AvgIpc) is 2.72. The van der Waals surface area contributed by atoms with Crippen LogP contribution in [0.5, 0.6) is 0 Å². The molecule has 1 aliphatic rings. The van der Waals surface area contributed by atoms with E-state index in [1.165, 1.54) is 17.6 Å². The molecule has 2 aromatic rings. The molecule has 0 radical (unpaired) electrons. The highest BCUT2D eigenvalue weighted by atomic mass is 32.2. The van der Waals surface area contributed by atoms with Crippen LogP contribution in [0.1, 0.15) is 15.9 Å². The summed E-state index contributed by atoms with van der Waals surface area (Å²) in [6, 6.07) is 13.9. The predicted molar refractivity (Wildman–Crippen MR) is 126 cm³/mol. The molecule has 0 aliphatic carbocycles. The summed E-state index contributed by atoms with van der Waals surface area (Å²) in [5.74, 6) is -0.298. The highest BCUT2D eigenvalue weighted by molar-refractivity contribution is 7.92. The lowest BCUT2D eigenvalue weighted by atomic mass is 10.1. The van der Waals surface area contributed by atoms with Crippen LogP contribution in [0.3, 0.4) is 0 Å². The maximum atomic E-state index is 12.8. The Morgan fingerprint density at radius 3 is 2.25 bits per heavy atom. The van der Waals surface area contributed by atoms with Crippen molar-refractivity contribution in [2.75, 3.05) is 55.4 Å². The van der Waals surface area contributed by atoms with Crippen molar-refractivity contribution in [2.24, 2.45) is 0 Å². The van der Waals surface area contributed by atoms with Gasteiger partial charge >= 0.3 is 0 Å². The maximum absolute atomic E-state index is 12.8. The summed E-state index contributed by atoms with van der Waals surface area (Å²) in [6.07, 6.45) is 2.34. The number of amides is 1. The number of nitrogens with one attached hydrogen (secondary N) is 1. The van der Waals surface area contributed by atoms with Gasteiger partial charge in [0.25, 0.3) is 5.91 Å². The maximum Gasteiger partial charge on any atom is 0.255 e. The number of carbonyl (C=O) groups excluding carboxylic acids is 1. The van der Waals surface area contributed by atoms with Crippen LogP contribution in [0.15, 0.2) is 48.5 Å². The lowest BCUT2D eigenvalue weighted by Crippen LogP contribution is -2.47. The summed E-state index contributed by atoms with van der Waals surface area (Å²) >= 11 is 0. The van der Waals surface area contributed by atoms with Crippen molar-refractivity contribution in [3.05, 3.63) is 59.7 Å². The second-order valence-corrected chi connectivity index (χ2v) is 11.9. The van der Waals surface area contributed by atoms with E-state index in [9.17, 15) is 21.6 Å². The lowest BCUT2D eigenvalue weighted by Gasteiger charge is -2.33. The van der Waals surface area contributed by atoms with Gasteiger partial charge in [0.15, 0.2) is 0 Å². The third-order valence-corrected chi connectivity index (χ3v) is 7.87. The molecular formula is C21H28N4O5S2. The van der Waals surface area contributed by atoms with Crippen molar-refractivity contribution in [3.8, 4) is 0 Å². The quantitative estimate of drug-likeness (QED) is 0.642. The number of piperazine rings is 1. The molecule has 0 saturated carbocycles. The van der Waals surface area contributed by atoms with Crippen LogP contribution in [-0.2, 0) is 26.6 Å². The van der Waals surface area contributed by atoms with Gasteiger partial charge in [0, 0.05) is 51.0 Å². The standard InChI is InChI=1S/C21H28N4O5S2/c1-23(31(2,27)28)20-9-5-8-19(15-20)22-21(26)18-7-4-6-17(14-18)16-24-10-12-25(13-11-24)32(3,29)30/h4-9,14-15H,10-13,16H2,1-3H3,(H,22,26). The number of rotatable bonds is 7. The Labute approximate surface area is 189 Å². The highest BCUT2D eigenvalue weighted by Gasteiger charge is 2.23. The molecule has 0 unspecified atom stereocenters. The Hall–Kier alpha value is -2.47.